The summed E-state index contributed by atoms with van der Waals surface area (Å²) in [4.78, 5) is 0. The van der Waals surface area contributed by atoms with Gasteiger partial charge in [-0.25, -0.2) is 0 Å². The lowest BCUT2D eigenvalue weighted by Crippen LogP contribution is -2.03. The first-order chi connectivity index (χ1) is 10.3. The lowest BCUT2D eigenvalue weighted by molar-refractivity contribution is 0.263. The summed E-state index contributed by atoms with van der Waals surface area (Å²) in [7, 11) is 0. The van der Waals surface area contributed by atoms with Crippen LogP contribution in [0.3, 0.4) is 0 Å². The van der Waals surface area contributed by atoms with Crippen LogP contribution in [0.5, 0.6) is 11.5 Å². The molecule has 0 saturated carbocycles. The third-order valence-electron chi connectivity index (χ3n) is 2.89. The summed E-state index contributed by atoms with van der Waals surface area (Å²) in [5.41, 5.74) is 1.74. The minimum atomic E-state index is 0.281. The molecule has 0 spiro atoms. The first-order valence-electron chi connectivity index (χ1n) is 6.60. The molecule has 2 N–H and O–H groups in total. The monoisotopic (exact) mass is 285 g/mol. The number of rotatable bonds is 3. The molecular weight excluding hydrogens is 270 g/mol. The summed E-state index contributed by atoms with van der Waals surface area (Å²) in [6.07, 6.45) is 0.281. The molecule has 6 nitrogen and oxygen atoms in total. The Morgan fingerprint density at radius 1 is 1.24 bits per heavy atom. The summed E-state index contributed by atoms with van der Waals surface area (Å²) < 4.78 is 10.5. The zero-order chi connectivity index (χ0) is 14.5. The molecule has 2 heterocycles. The molecule has 1 saturated heterocycles. The highest BCUT2D eigenvalue weighted by molar-refractivity contribution is 5.75. The summed E-state index contributed by atoms with van der Waals surface area (Å²) in [5, 5.41) is 19.0. The highest BCUT2D eigenvalue weighted by Gasteiger charge is 2.23. The number of H-pyrrole nitrogens is 1. The quantitative estimate of drug-likeness (QED) is 0.720. The summed E-state index contributed by atoms with van der Waals surface area (Å²) in [6.45, 7) is 1.43. The van der Waals surface area contributed by atoms with Gasteiger partial charge in [0.05, 0.1) is 12.1 Å². The Balaban J connectivity index is 0.000000160. The minimum absolute atomic E-state index is 0.281. The number of hydrogen-bond acceptors (Lipinski definition) is 5. The van der Waals surface area contributed by atoms with Crippen molar-refractivity contribution in [2.45, 2.75) is 6.10 Å². The van der Waals surface area contributed by atoms with Crippen molar-refractivity contribution >= 4 is 11.0 Å². The van der Waals surface area contributed by atoms with Crippen molar-refractivity contribution in [1.82, 2.24) is 15.4 Å². The third-order valence-corrected chi connectivity index (χ3v) is 2.89. The first-order valence-corrected chi connectivity index (χ1v) is 6.60. The van der Waals surface area contributed by atoms with Gasteiger partial charge in [0.25, 0.3) is 0 Å². The molecule has 6 heteroatoms. The number of epoxide rings is 1. The zero-order valence-corrected chi connectivity index (χ0v) is 11.3. The molecule has 3 aromatic rings. The van der Waals surface area contributed by atoms with Crippen molar-refractivity contribution in [2.24, 2.45) is 0 Å². The van der Waals surface area contributed by atoms with Crippen LogP contribution < -0.4 is 4.74 Å². The van der Waals surface area contributed by atoms with Crippen LogP contribution in [0.25, 0.3) is 11.0 Å². The molecule has 0 aliphatic carbocycles. The second-order valence-corrected chi connectivity index (χ2v) is 4.59. The van der Waals surface area contributed by atoms with Crippen LogP contribution in [0.1, 0.15) is 0 Å². The largest absolute Gasteiger partial charge is 0.508 e. The third kappa shape index (κ3) is 3.93. The fourth-order valence-corrected chi connectivity index (χ4v) is 1.69. The van der Waals surface area contributed by atoms with Crippen molar-refractivity contribution in [1.29, 1.82) is 0 Å². The topological polar surface area (TPSA) is 83.6 Å². The highest BCUT2D eigenvalue weighted by atomic mass is 16.6. The fraction of sp³-hybridized carbons (Fsp3) is 0.200. The number of para-hydroxylation sites is 1. The van der Waals surface area contributed by atoms with Crippen molar-refractivity contribution in [3.8, 4) is 11.5 Å². The predicted octanol–water partition coefficient (Wildman–Crippen LogP) is 2.13. The molecule has 1 fully saturated rings. The SMILES string of the molecule is Oc1ccccc1.c1cc2[nH]nnc2cc1OCC1CO1. The number of ether oxygens (including phenoxy) is 2. The second-order valence-electron chi connectivity index (χ2n) is 4.59. The number of aromatic nitrogens is 3. The van der Waals surface area contributed by atoms with Crippen molar-refractivity contribution in [3.63, 3.8) is 0 Å². The highest BCUT2D eigenvalue weighted by Crippen LogP contribution is 2.18. The average molecular weight is 285 g/mol. The van der Waals surface area contributed by atoms with Crippen LogP contribution in [-0.2, 0) is 4.74 Å². The maximum atomic E-state index is 8.63. The molecule has 1 unspecified atom stereocenters. The van der Waals surface area contributed by atoms with Gasteiger partial charge in [-0.05, 0) is 24.3 Å². The minimum Gasteiger partial charge on any atom is -0.508 e. The van der Waals surface area contributed by atoms with Gasteiger partial charge in [0, 0.05) is 6.07 Å². The number of aromatic hydroxyl groups is 1. The number of phenols is 1. The van der Waals surface area contributed by atoms with Gasteiger partial charge in [-0.3, -0.25) is 5.10 Å². The van der Waals surface area contributed by atoms with E-state index in [2.05, 4.69) is 15.4 Å². The lowest BCUT2D eigenvalue weighted by Gasteiger charge is -2.02. The summed E-state index contributed by atoms with van der Waals surface area (Å²) in [6, 6.07) is 14.4. The van der Waals surface area contributed by atoms with Crippen molar-refractivity contribution in [2.75, 3.05) is 13.2 Å². The van der Waals surface area contributed by atoms with E-state index in [0.29, 0.717) is 12.4 Å². The van der Waals surface area contributed by atoms with E-state index in [1.54, 1.807) is 24.3 Å². The van der Waals surface area contributed by atoms with E-state index in [1.807, 2.05) is 24.3 Å². The van der Waals surface area contributed by atoms with Crippen LogP contribution in [0.15, 0.2) is 48.5 Å². The smallest absolute Gasteiger partial charge is 0.121 e. The molecule has 1 aliphatic heterocycles. The van der Waals surface area contributed by atoms with Crippen LogP contribution in [0.2, 0.25) is 0 Å². The van der Waals surface area contributed by atoms with Gasteiger partial charge in [-0.1, -0.05) is 23.4 Å². The van der Waals surface area contributed by atoms with Gasteiger partial charge in [-0.2, -0.15) is 0 Å². The molecule has 108 valence electrons. The number of hydrogen-bond donors (Lipinski definition) is 2. The van der Waals surface area contributed by atoms with Gasteiger partial charge < -0.3 is 14.6 Å². The fourth-order valence-electron chi connectivity index (χ4n) is 1.69. The number of fused-ring (bicyclic) bond motifs is 1. The Morgan fingerprint density at radius 3 is 2.71 bits per heavy atom. The molecule has 0 radical (unpaired) electrons. The van der Waals surface area contributed by atoms with Gasteiger partial charge >= 0.3 is 0 Å². The normalized spacial score (nSPS) is 16.1. The summed E-state index contributed by atoms with van der Waals surface area (Å²) >= 11 is 0. The molecule has 2 aromatic carbocycles. The molecule has 21 heavy (non-hydrogen) atoms. The molecule has 4 rings (SSSR count). The van der Waals surface area contributed by atoms with E-state index >= 15 is 0 Å². The molecule has 1 aromatic heterocycles. The van der Waals surface area contributed by atoms with Gasteiger partial charge in [-0.15, -0.1) is 5.10 Å². The molecule has 1 atom stereocenters. The molecule has 0 bridgehead atoms. The van der Waals surface area contributed by atoms with E-state index in [-0.39, 0.29) is 6.10 Å². The number of benzene rings is 2. The second kappa shape index (κ2) is 6.23. The Kier molecular flexibility index (Phi) is 3.97. The van der Waals surface area contributed by atoms with Crippen molar-refractivity contribution in [3.05, 3.63) is 48.5 Å². The maximum Gasteiger partial charge on any atom is 0.121 e. The first kappa shape index (κ1) is 13.4. The van der Waals surface area contributed by atoms with E-state index in [9.17, 15) is 0 Å². The molecule has 0 amide bonds. The van der Waals surface area contributed by atoms with Crippen molar-refractivity contribution < 1.29 is 14.6 Å². The average Bonchev–Trinajstić information content (AvgIpc) is 3.22. The van der Waals surface area contributed by atoms with Gasteiger partial charge in [0.1, 0.15) is 29.7 Å². The van der Waals surface area contributed by atoms with Crippen LogP contribution in [0.4, 0.5) is 0 Å². The predicted molar refractivity (Wildman–Crippen MR) is 77.2 cm³/mol. The van der Waals surface area contributed by atoms with Gasteiger partial charge in [0.15, 0.2) is 0 Å². The van der Waals surface area contributed by atoms with E-state index < -0.39 is 0 Å². The van der Waals surface area contributed by atoms with E-state index in [1.165, 1.54) is 0 Å². The van der Waals surface area contributed by atoms with Crippen LogP contribution in [-0.4, -0.2) is 39.8 Å². The van der Waals surface area contributed by atoms with E-state index in [4.69, 9.17) is 14.6 Å². The number of aromatic amines is 1. The number of phenolic OH excluding ortho intramolecular Hbond substituents is 1. The maximum absolute atomic E-state index is 8.63. The van der Waals surface area contributed by atoms with Crippen LogP contribution in [0, 0.1) is 0 Å². The number of nitrogens with zero attached hydrogens (tertiary/aromatic N) is 2. The Bertz CT molecular complexity index is 695. The number of nitrogens with one attached hydrogen (secondary N) is 1. The Morgan fingerprint density at radius 2 is 2.05 bits per heavy atom. The Labute approximate surface area is 121 Å². The summed E-state index contributed by atoms with van der Waals surface area (Å²) in [5.74, 6) is 1.13. The van der Waals surface area contributed by atoms with Gasteiger partial charge in [0.2, 0.25) is 0 Å². The Hall–Kier alpha value is -2.60. The zero-order valence-electron chi connectivity index (χ0n) is 11.3. The van der Waals surface area contributed by atoms with E-state index in [0.717, 1.165) is 23.4 Å². The van der Waals surface area contributed by atoms with Crippen LogP contribution >= 0.6 is 0 Å². The molecular formula is C15H15N3O3. The lowest BCUT2D eigenvalue weighted by atomic mass is 10.3. The standard InChI is InChI=1S/C9H9N3O2.C6H6O/c1-2-8-9(11-12-10-8)3-6(1)13-4-7-5-14-7;7-6-4-2-1-3-5-6/h1-3,7H,4-5H2,(H,10,11,12);1-5,7H. The molecule has 1 aliphatic rings.